The number of nitrogens with one attached hydrogen (secondary N) is 1. The molecule has 3 heterocycles. The zero-order valence-electron chi connectivity index (χ0n) is 14.6. The van der Waals surface area contributed by atoms with Crippen LogP contribution in [0.4, 0.5) is 11.6 Å². The molecule has 1 saturated heterocycles. The number of ether oxygens (including phenoxy) is 1. The van der Waals surface area contributed by atoms with E-state index < -0.39 is 0 Å². The fraction of sp³-hybridized carbons (Fsp3) is 0.316. The summed E-state index contributed by atoms with van der Waals surface area (Å²) < 4.78 is 7.39. The van der Waals surface area contributed by atoms with Crippen LogP contribution in [0.2, 0.25) is 0 Å². The Kier molecular flexibility index (Phi) is 4.53. The third-order valence-corrected chi connectivity index (χ3v) is 4.54. The Morgan fingerprint density at radius 3 is 2.69 bits per heavy atom. The van der Waals surface area contributed by atoms with Gasteiger partial charge in [-0.25, -0.2) is 9.97 Å². The van der Waals surface area contributed by atoms with Gasteiger partial charge in [-0.15, -0.1) is 0 Å². The van der Waals surface area contributed by atoms with E-state index in [0.717, 1.165) is 48.6 Å². The summed E-state index contributed by atoms with van der Waals surface area (Å²) in [6.07, 6.45) is 7.53. The summed E-state index contributed by atoms with van der Waals surface area (Å²) in [4.78, 5) is 9.00. The number of phenolic OH excluding ortho intramolecular Hbond substituents is 1. The standard InChI is InChI=1S/C19H21N5O2/c1-13-10-20-19(23-18(13)14-2-4-17(25)5-3-14)22-15-11-21-24(12-15)16-6-8-26-9-7-16/h2-5,10-12,16,25H,6-9H2,1H3,(H,20,22,23). The second kappa shape index (κ2) is 7.13. The number of hydrogen-bond acceptors (Lipinski definition) is 6. The van der Waals surface area contributed by atoms with Gasteiger partial charge in [-0.2, -0.15) is 5.10 Å². The molecule has 4 rings (SSSR count). The molecule has 0 spiro atoms. The van der Waals surface area contributed by atoms with Crippen molar-refractivity contribution in [3.63, 3.8) is 0 Å². The highest BCUT2D eigenvalue weighted by molar-refractivity contribution is 5.65. The first kappa shape index (κ1) is 16.5. The molecule has 0 aliphatic carbocycles. The molecule has 1 aliphatic heterocycles. The average Bonchev–Trinajstić information content (AvgIpc) is 3.13. The molecule has 7 heteroatoms. The van der Waals surface area contributed by atoms with Crippen LogP contribution in [0.5, 0.6) is 5.75 Å². The normalized spacial score (nSPS) is 15.1. The van der Waals surface area contributed by atoms with Crippen LogP contribution in [-0.2, 0) is 4.74 Å². The summed E-state index contributed by atoms with van der Waals surface area (Å²) >= 11 is 0. The molecule has 0 radical (unpaired) electrons. The largest absolute Gasteiger partial charge is 0.508 e. The Labute approximate surface area is 151 Å². The van der Waals surface area contributed by atoms with E-state index in [9.17, 15) is 5.11 Å². The smallest absolute Gasteiger partial charge is 0.227 e. The number of aromatic hydroxyl groups is 1. The molecule has 1 aromatic carbocycles. The predicted octanol–water partition coefficient (Wildman–Crippen LogP) is 3.45. The maximum Gasteiger partial charge on any atom is 0.227 e. The number of hydrogen-bond donors (Lipinski definition) is 2. The predicted molar refractivity (Wildman–Crippen MR) is 98.5 cm³/mol. The Balaban J connectivity index is 1.54. The van der Waals surface area contributed by atoms with Gasteiger partial charge in [-0.1, -0.05) is 0 Å². The Morgan fingerprint density at radius 2 is 1.92 bits per heavy atom. The van der Waals surface area contributed by atoms with Crippen molar-refractivity contribution in [3.8, 4) is 17.0 Å². The minimum Gasteiger partial charge on any atom is -0.508 e. The molecule has 134 valence electrons. The molecule has 2 N–H and O–H groups in total. The maximum atomic E-state index is 9.47. The second-order valence-corrected chi connectivity index (χ2v) is 6.45. The highest BCUT2D eigenvalue weighted by atomic mass is 16.5. The first-order valence-electron chi connectivity index (χ1n) is 8.71. The zero-order valence-corrected chi connectivity index (χ0v) is 14.6. The number of aromatic nitrogens is 4. The summed E-state index contributed by atoms with van der Waals surface area (Å²) in [6, 6.07) is 7.38. The third kappa shape index (κ3) is 3.52. The SMILES string of the molecule is Cc1cnc(Nc2cnn(C3CCOCC3)c2)nc1-c1ccc(O)cc1. The van der Waals surface area contributed by atoms with Crippen molar-refractivity contribution in [1.29, 1.82) is 0 Å². The van der Waals surface area contributed by atoms with E-state index in [4.69, 9.17) is 4.74 Å². The lowest BCUT2D eigenvalue weighted by Crippen LogP contribution is -2.19. The van der Waals surface area contributed by atoms with Crippen molar-refractivity contribution in [2.75, 3.05) is 18.5 Å². The van der Waals surface area contributed by atoms with Crippen molar-refractivity contribution in [2.24, 2.45) is 0 Å². The van der Waals surface area contributed by atoms with Gasteiger partial charge in [0.2, 0.25) is 5.95 Å². The monoisotopic (exact) mass is 351 g/mol. The van der Waals surface area contributed by atoms with Gasteiger partial charge in [0.25, 0.3) is 0 Å². The lowest BCUT2D eigenvalue weighted by Gasteiger charge is -2.22. The van der Waals surface area contributed by atoms with Crippen molar-refractivity contribution in [2.45, 2.75) is 25.8 Å². The van der Waals surface area contributed by atoms with Crippen molar-refractivity contribution in [3.05, 3.63) is 48.4 Å². The summed E-state index contributed by atoms with van der Waals surface area (Å²) in [5, 5.41) is 17.2. The molecule has 0 atom stereocenters. The molecule has 1 fully saturated rings. The zero-order chi connectivity index (χ0) is 17.9. The number of benzene rings is 1. The minimum absolute atomic E-state index is 0.235. The van der Waals surface area contributed by atoms with E-state index in [1.807, 2.05) is 29.9 Å². The summed E-state index contributed by atoms with van der Waals surface area (Å²) in [6.45, 7) is 3.53. The van der Waals surface area contributed by atoms with Crippen LogP contribution >= 0.6 is 0 Å². The van der Waals surface area contributed by atoms with Gasteiger partial charge >= 0.3 is 0 Å². The third-order valence-electron chi connectivity index (χ3n) is 4.54. The van der Waals surface area contributed by atoms with Gasteiger partial charge in [0.05, 0.1) is 23.6 Å². The summed E-state index contributed by atoms with van der Waals surface area (Å²) in [5.74, 6) is 0.754. The van der Waals surface area contributed by atoms with E-state index in [0.29, 0.717) is 12.0 Å². The van der Waals surface area contributed by atoms with Crippen LogP contribution in [0.25, 0.3) is 11.3 Å². The first-order chi connectivity index (χ1) is 12.7. The fourth-order valence-corrected chi connectivity index (χ4v) is 3.09. The van der Waals surface area contributed by atoms with Crippen LogP contribution in [0.1, 0.15) is 24.4 Å². The van der Waals surface area contributed by atoms with E-state index in [1.54, 1.807) is 24.5 Å². The average molecular weight is 351 g/mol. The molecule has 0 unspecified atom stereocenters. The molecular weight excluding hydrogens is 330 g/mol. The summed E-state index contributed by atoms with van der Waals surface area (Å²) in [5.41, 5.74) is 3.60. The number of aryl methyl sites for hydroxylation is 1. The topological polar surface area (TPSA) is 85.1 Å². The van der Waals surface area contributed by atoms with Gasteiger partial charge in [-0.3, -0.25) is 4.68 Å². The molecule has 26 heavy (non-hydrogen) atoms. The maximum absolute atomic E-state index is 9.47. The Bertz CT molecular complexity index is 885. The van der Waals surface area contributed by atoms with E-state index in [2.05, 4.69) is 20.4 Å². The van der Waals surface area contributed by atoms with Gasteiger partial charge in [0.15, 0.2) is 0 Å². The summed E-state index contributed by atoms with van der Waals surface area (Å²) in [7, 11) is 0. The fourth-order valence-electron chi connectivity index (χ4n) is 3.09. The van der Waals surface area contributed by atoms with Crippen LogP contribution in [0, 0.1) is 6.92 Å². The molecule has 0 amide bonds. The number of nitrogens with zero attached hydrogens (tertiary/aromatic N) is 4. The molecular formula is C19H21N5O2. The van der Waals surface area contributed by atoms with Gasteiger partial charge in [0.1, 0.15) is 5.75 Å². The molecule has 7 nitrogen and oxygen atoms in total. The molecule has 0 saturated carbocycles. The highest BCUT2D eigenvalue weighted by Gasteiger charge is 2.16. The molecule has 0 bridgehead atoms. The van der Waals surface area contributed by atoms with E-state index in [-0.39, 0.29) is 5.75 Å². The number of anilines is 2. The first-order valence-corrected chi connectivity index (χ1v) is 8.71. The Morgan fingerprint density at radius 1 is 1.15 bits per heavy atom. The van der Waals surface area contributed by atoms with Gasteiger partial charge in [-0.05, 0) is 49.6 Å². The van der Waals surface area contributed by atoms with Gasteiger partial charge < -0.3 is 15.2 Å². The lowest BCUT2D eigenvalue weighted by atomic mass is 10.1. The second-order valence-electron chi connectivity index (χ2n) is 6.45. The van der Waals surface area contributed by atoms with Gasteiger partial charge in [0, 0.05) is 31.2 Å². The van der Waals surface area contributed by atoms with Crippen LogP contribution in [0.3, 0.4) is 0 Å². The number of phenols is 1. The van der Waals surface area contributed by atoms with Crippen molar-refractivity contribution < 1.29 is 9.84 Å². The number of rotatable bonds is 4. The van der Waals surface area contributed by atoms with Crippen LogP contribution in [-0.4, -0.2) is 38.1 Å². The Hall–Kier alpha value is -2.93. The lowest BCUT2D eigenvalue weighted by molar-refractivity contribution is 0.0662. The van der Waals surface area contributed by atoms with Crippen LogP contribution in [0.15, 0.2) is 42.9 Å². The van der Waals surface area contributed by atoms with Crippen LogP contribution < -0.4 is 5.32 Å². The van der Waals surface area contributed by atoms with E-state index in [1.165, 1.54) is 0 Å². The molecule has 3 aromatic rings. The quantitative estimate of drug-likeness (QED) is 0.749. The molecule has 2 aromatic heterocycles. The minimum atomic E-state index is 0.235. The highest BCUT2D eigenvalue weighted by Crippen LogP contribution is 2.26. The molecule has 1 aliphatic rings. The van der Waals surface area contributed by atoms with Crippen molar-refractivity contribution in [1.82, 2.24) is 19.7 Å². The van der Waals surface area contributed by atoms with Crippen molar-refractivity contribution >= 4 is 11.6 Å². The van der Waals surface area contributed by atoms with E-state index >= 15 is 0 Å².